The number of carboxylic acid groups (broad SMARTS) is 1. The van der Waals surface area contributed by atoms with Crippen LogP contribution in [-0.4, -0.2) is 24.5 Å². The molecule has 0 amide bonds. The third-order valence-corrected chi connectivity index (χ3v) is 4.65. The molecule has 1 aromatic heterocycles. The third kappa shape index (κ3) is 2.96. The average molecular weight is 301 g/mol. The molecule has 0 saturated heterocycles. The van der Waals surface area contributed by atoms with Crippen LogP contribution in [0.15, 0.2) is 34.0 Å². The molecule has 2 rings (SSSR count). The number of carbonyl (C=O) groups is 1. The molecule has 5 nitrogen and oxygen atoms in total. The minimum atomic E-state index is -3.88. The first kappa shape index (κ1) is 13.6. The van der Waals surface area contributed by atoms with Crippen LogP contribution in [0.4, 0.5) is 4.39 Å². The molecule has 0 radical (unpaired) electrons. The van der Waals surface area contributed by atoms with Gasteiger partial charge in [-0.1, -0.05) is 0 Å². The van der Waals surface area contributed by atoms with Crippen molar-refractivity contribution in [2.45, 2.75) is 10.6 Å². The zero-order valence-corrected chi connectivity index (χ0v) is 11.0. The number of aromatic nitrogens is 1. The van der Waals surface area contributed by atoms with Crippen LogP contribution in [-0.2, 0) is 15.6 Å². The molecular weight excluding hydrogens is 293 g/mol. The number of sulfone groups is 1. The summed E-state index contributed by atoms with van der Waals surface area (Å²) in [6.07, 6.45) is 0. The van der Waals surface area contributed by atoms with Crippen molar-refractivity contribution in [3.05, 3.63) is 46.2 Å². The van der Waals surface area contributed by atoms with Gasteiger partial charge in [-0.2, -0.15) is 0 Å². The van der Waals surface area contributed by atoms with Gasteiger partial charge in [0.15, 0.2) is 9.84 Å². The summed E-state index contributed by atoms with van der Waals surface area (Å²) >= 11 is 1.24. The summed E-state index contributed by atoms with van der Waals surface area (Å²) in [7, 11) is -3.88. The van der Waals surface area contributed by atoms with Gasteiger partial charge in [0.2, 0.25) is 0 Å². The average Bonchev–Trinajstić information content (AvgIpc) is 2.80. The molecule has 0 atom stereocenters. The van der Waals surface area contributed by atoms with Gasteiger partial charge < -0.3 is 5.11 Å². The number of carboxylic acids is 1. The zero-order chi connectivity index (χ0) is 14.0. The van der Waals surface area contributed by atoms with E-state index in [-0.39, 0.29) is 5.56 Å². The number of rotatable bonds is 4. The molecule has 2 aromatic rings. The summed E-state index contributed by atoms with van der Waals surface area (Å²) in [5.74, 6) is -2.81. The number of thiazole rings is 1. The van der Waals surface area contributed by atoms with E-state index in [1.165, 1.54) is 16.8 Å². The summed E-state index contributed by atoms with van der Waals surface area (Å²) in [5.41, 5.74) is 1.51. The van der Waals surface area contributed by atoms with Crippen LogP contribution in [0.5, 0.6) is 0 Å². The minimum Gasteiger partial charge on any atom is -0.478 e. The molecule has 8 heteroatoms. The number of hydrogen-bond acceptors (Lipinski definition) is 5. The molecule has 100 valence electrons. The molecular formula is C11H8FNO4S2. The Morgan fingerprint density at radius 1 is 1.42 bits per heavy atom. The molecule has 0 unspecified atom stereocenters. The predicted octanol–water partition coefficient (Wildman–Crippen LogP) is 1.95. The molecule has 1 aromatic carbocycles. The van der Waals surface area contributed by atoms with Crippen LogP contribution in [0.1, 0.15) is 16.1 Å². The van der Waals surface area contributed by atoms with E-state index in [1.54, 1.807) is 5.38 Å². The fourth-order valence-corrected chi connectivity index (χ4v) is 3.47. The standard InChI is InChI=1S/C11H8FNO4S2/c12-9-3-7(11(14)15)1-2-10(9)19(16,17)5-8-4-18-6-13-8/h1-4,6H,5H2,(H,14,15). The summed E-state index contributed by atoms with van der Waals surface area (Å²) in [5, 5.41) is 10.2. The lowest BCUT2D eigenvalue weighted by Crippen LogP contribution is -2.09. The Bertz CT molecular complexity index is 710. The van der Waals surface area contributed by atoms with Gasteiger partial charge in [-0.3, -0.25) is 0 Å². The summed E-state index contributed by atoms with van der Waals surface area (Å²) < 4.78 is 37.6. The van der Waals surface area contributed by atoms with Gasteiger partial charge in [-0.15, -0.1) is 11.3 Å². The highest BCUT2D eigenvalue weighted by atomic mass is 32.2. The lowest BCUT2D eigenvalue weighted by Gasteiger charge is -2.05. The maximum absolute atomic E-state index is 13.7. The Labute approximate surface area is 112 Å². The largest absolute Gasteiger partial charge is 0.478 e. The molecule has 0 aliphatic heterocycles. The van der Waals surface area contributed by atoms with Crippen LogP contribution >= 0.6 is 11.3 Å². The molecule has 0 spiro atoms. The monoisotopic (exact) mass is 301 g/mol. The van der Waals surface area contributed by atoms with E-state index >= 15 is 0 Å². The second kappa shape index (κ2) is 5.06. The van der Waals surface area contributed by atoms with Crippen LogP contribution < -0.4 is 0 Å². The Kier molecular flexibility index (Phi) is 3.63. The molecule has 0 aliphatic rings. The topological polar surface area (TPSA) is 84.3 Å². The van der Waals surface area contributed by atoms with Gasteiger partial charge in [0.25, 0.3) is 0 Å². The Balaban J connectivity index is 2.38. The van der Waals surface area contributed by atoms with Crippen molar-refractivity contribution in [2.75, 3.05) is 0 Å². The van der Waals surface area contributed by atoms with Crippen molar-refractivity contribution in [2.24, 2.45) is 0 Å². The van der Waals surface area contributed by atoms with Crippen molar-refractivity contribution in [3.63, 3.8) is 0 Å². The lowest BCUT2D eigenvalue weighted by atomic mass is 10.2. The maximum atomic E-state index is 13.7. The summed E-state index contributed by atoms with van der Waals surface area (Å²) in [6.45, 7) is 0. The Hall–Kier alpha value is -1.80. The van der Waals surface area contributed by atoms with Crippen molar-refractivity contribution >= 4 is 27.1 Å². The first-order chi connectivity index (χ1) is 8.90. The van der Waals surface area contributed by atoms with Crippen molar-refractivity contribution in [1.82, 2.24) is 4.98 Å². The molecule has 19 heavy (non-hydrogen) atoms. The van der Waals surface area contributed by atoms with Crippen molar-refractivity contribution < 1.29 is 22.7 Å². The highest BCUT2D eigenvalue weighted by molar-refractivity contribution is 7.90. The van der Waals surface area contributed by atoms with Gasteiger partial charge in [0.1, 0.15) is 10.7 Å². The SMILES string of the molecule is O=C(O)c1ccc(S(=O)(=O)Cc2cscn2)c(F)c1. The first-order valence-electron chi connectivity index (χ1n) is 5.03. The van der Waals surface area contributed by atoms with E-state index in [4.69, 9.17) is 5.11 Å². The Morgan fingerprint density at radius 2 is 2.16 bits per heavy atom. The molecule has 0 fully saturated rings. The maximum Gasteiger partial charge on any atom is 0.335 e. The minimum absolute atomic E-state index is 0.301. The van der Waals surface area contributed by atoms with E-state index in [0.29, 0.717) is 11.8 Å². The van der Waals surface area contributed by atoms with Crippen LogP contribution in [0.2, 0.25) is 0 Å². The van der Waals surface area contributed by atoms with Crippen LogP contribution in [0.3, 0.4) is 0 Å². The fourth-order valence-electron chi connectivity index (χ4n) is 1.47. The van der Waals surface area contributed by atoms with Gasteiger partial charge in [0, 0.05) is 5.38 Å². The molecule has 0 aliphatic carbocycles. The number of hydrogen-bond donors (Lipinski definition) is 1. The normalized spacial score (nSPS) is 11.4. The van der Waals surface area contributed by atoms with Gasteiger partial charge in [0.05, 0.1) is 22.5 Å². The third-order valence-electron chi connectivity index (χ3n) is 2.34. The smallest absolute Gasteiger partial charge is 0.335 e. The highest BCUT2D eigenvalue weighted by Gasteiger charge is 2.21. The lowest BCUT2D eigenvalue weighted by molar-refractivity contribution is 0.0696. The first-order valence-corrected chi connectivity index (χ1v) is 7.62. The van der Waals surface area contributed by atoms with Crippen LogP contribution in [0.25, 0.3) is 0 Å². The molecule has 0 bridgehead atoms. The Morgan fingerprint density at radius 3 is 2.68 bits per heavy atom. The predicted molar refractivity (Wildman–Crippen MR) is 66.4 cm³/mol. The van der Waals surface area contributed by atoms with E-state index in [9.17, 15) is 17.6 Å². The molecule has 1 N–H and O–H groups in total. The van der Waals surface area contributed by atoms with E-state index in [0.717, 1.165) is 12.1 Å². The van der Waals surface area contributed by atoms with Gasteiger partial charge in [-0.25, -0.2) is 22.6 Å². The molecule has 1 heterocycles. The van der Waals surface area contributed by atoms with E-state index in [1.807, 2.05) is 0 Å². The number of nitrogens with zero attached hydrogens (tertiary/aromatic N) is 1. The highest BCUT2D eigenvalue weighted by Crippen LogP contribution is 2.20. The number of halogens is 1. The van der Waals surface area contributed by atoms with E-state index < -0.39 is 32.3 Å². The van der Waals surface area contributed by atoms with Gasteiger partial charge >= 0.3 is 5.97 Å². The van der Waals surface area contributed by atoms with Crippen LogP contribution in [0, 0.1) is 5.82 Å². The number of aromatic carboxylic acids is 1. The summed E-state index contributed by atoms with van der Waals surface area (Å²) in [6, 6.07) is 2.70. The molecule has 0 saturated carbocycles. The van der Waals surface area contributed by atoms with Gasteiger partial charge in [-0.05, 0) is 18.2 Å². The van der Waals surface area contributed by atoms with Crippen molar-refractivity contribution in [1.29, 1.82) is 0 Å². The fraction of sp³-hybridized carbons (Fsp3) is 0.0909. The quantitative estimate of drug-likeness (QED) is 0.933. The van der Waals surface area contributed by atoms with E-state index in [2.05, 4.69) is 4.98 Å². The summed E-state index contributed by atoms with van der Waals surface area (Å²) in [4.78, 5) is 13.9. The zero-order valence-electron chi connectivity index (χ0n) is 9.41. The second-order valence-corrected chi connectivity index (χ2v) is 6.37. The number of benzene rings is 1. The van der Waals surface area contributed by atoms with Crippen molar-refractivity contribution in [3.8, 4) is 0 Å². The second-order valence-electron chi connectivity index (χ2n) is 3.69.